The first-order valence-electron chi connectivity index (χ1n) is 9.74. The van der Waals surface area contributed by atoms with E-state index in [2.05, 4.69) is 73.3 Å². The van der Waals surface area contributed by atoms with Crippen LogP contribution in [0.1, 0.15) is 25.0 Å². The first-order valence-corrected chi connectivity index (χ1v) is 9.74. The summed E-state index contributed by atoms with van der Waals surface area (Å²) in [5, 5.41) is 15.6. The van der Waals surface area contributed by atoms with Gasteiger partial charge in [-0.3, -0.25) is 0 Å². The van der Waals surface area contributed by atoms with Gasteiger partial charge < -0.3 is 24.7 Å². The van der Waals surface area contributed by atoms with Crippen molar-refractivity contribution in [2.45, 2.75) is 19.4 Å². The van der Waals surface area contributed by atoms with Gasteiger partial charge in [0.15, 0.2) is 0 Å². The first-order chi connectivity index (χ1) is 14.3. The molecule has 3 rings (SSSR count). The molecule has 30 heavy (non-hydrogen) atoms. The molecule has 1 aliphatic rings. The van der Waals surface area contributed by atoms with Gasteiger partial charge >= 0.3 is 11.9 Å². The van der Waals surface area contributed by atoms with Gasteiger partial charge in [-0.05, 0) is 39.2 Å². The zero-order chi connectivity index (χ0) is 22.1. The molecule has 0 aromatic heterocycles. The normalized spacial score (nSPS) is 14.8. The number of para-hydroxylation sites is 3. The van der Waals surface area contributed by atoms with E-state index in [1.54, 1.807) is 0 Å². The summed E-state index contributed by atoms with van der Waals surface area (Å²) in [6, 6.07) is 17.0. The number of hydrogen-bond donors (Lipinski definition) is 2. The fraction of sp³-hybridized carbons (Fsp3) is 0.304. The fourth-order valence-corrected chi connectivity index (χ4v) is 3.21. The number of carbonyl (C=O) groups is 2. The first kappa shape index (κ1) is 23.0. The minimum atomic E-state index is -1.26. The molecule has 7 heteroatoms. The molecule has 1 unspecified atom stereocenters. The quantitative estimate of drug-likeness (QED) is 0.695. The highest BCUT2D eigenvalue weighted by Crippen LogP contribution is 2.43. The third kappa shape index (κ3) is 6.35. The van der Waals surface area contributed by atoms with Crippen LogP contribution >= 0.6 is 0 Å². The summed E-state index contributed by atoms with van der Waals surface area (Å²) in [4.78, 5) is 23.7. The zero-order valence-electron chi connectivity index (χ0n) is 17.5. The maximum atomic E-state index is 9.55. The average molecular weight is 412 g/mol. The van der Waals surface area contributed by atoms with Crippen LogP contribution in [0.2, 0.25) is 0 Å². The van der Waals surface area contributed by atoms with Gasteiger partial charge in [-0.1, -0.05) is 30.3 Å². The fourth-order valence-electron chi connectivity index (χ4n) is 3.21. The highest BCUT2D eigenvalue weighted by Gasteiger charge is 2.26. The summed E-state index contributed by atoms with van der Waals surface area (Å²) in [5.41, 5.74) is 3.70. The van der Waals surface area contributed by atoms with Crippen molar-refractivity contribution < 1.29 is 24.5 Å². The molecule has 0 saturated carbocycles. The van der Waals surface area contributed by atoms with E-state index in [0.717, 1.165) is 30.9 Å². The van der Waals surface area contributed by atoms with E-state index in [1.165, 1.54) is 11.3 Å². The van der Waals surface area contributed by atoms with Crippen molar-refractivity contribution in [3.05, 3.63) is 66.2 Å². The minimum absolute atomic E-state index is 0.0938. The molecular formula is C23H28N2O5. The number of benzene rings is 2. The SMILES string of the molecule is CCN1c2ccccc2OC(CCN(C)C)c2ccccc21.O=C(O)C=CC(=O)O. The molecule has 1 aliphatic heterocycles. The van der Waals surface area contributed by atoms with Gasteiger partial charge in [0, 0.05) is 42.9 Å². The van der Waals surface area contributed by atoms with E-state index >= 15 is 0 Å². The Bertz CT molecular complexity index is 879. The lowest BCUT2D eigenvalue weighted by atomic mass is 10.0. The van der Waals surface area contributed by atoms with Gasteiger partial charge in [-0.15, -0.1) is 0 Å². The number of carboxylic acid groups (broad SMARTS) is 2. The maximum absolute atomic E-state index is 9.55. The van der Waals surface area contributed by atoms with Crippen molar-refractivity contribution >= 4 is 23.3 Å². The third-order valence-electron chi connectivity index (χ3n) is 4.52. The molecule has 1 heterocycles. The standard InChI is InChI=1S/C19H24N2O.C4H4O4/c1-4-21-16-10-6-5-9-15(16)18(13-14-20(2)3)22-19-12-8-7-11-17(19)21;5-3(6)1-2-4(7)8/h5-12,18H,4,13-14H2,1-3H3;1-2H,(H,5,6)(H,7,8). The smallest absolute Gasteiger partial charge is 0.328 e. The number of aliphatic carboxylic acids is 2. The van der Waals surface area contributed by atoms with E-state index in [1.807, 2.05) is 6.07 Å². The van der Waals surface area contributed by atoms with Crippen molar-refractivity contribution in [2.75, 3.05) is 32.1 Å². The molecule has 2 aromatic carbocycles. The van der Waals surface area contributed by atoms with Crippen molar-refractivity contribution in [1.29, 1.82) is 0 Å². The van der Waals surface area contributed by atoms with Crippen molar-refractivity contribution in [2.24, 2.45) is 0 Å². The van der Waals surface area contributed by atoms with Crippen LogP contribution in [0.5, 0.6) is 5.75 Å². The van der Waals surface area contributed by atoms with Crippen LogP contribution in [0.4, 0.5) is 11.4 Å². The summed E-state index contributed by atoms with van der Waals surface area (Å²) in [7, 11) is 4.21. The van der Waals surface area contributed by atoms with Gasteiger partial charge in [0.25, 0.3) is 0 Å². The molecule has 2 aromatic rings. The lowest BCUT2D eigenvalue weighted by Gasteiger charge is -2.24. The van der Waals surface area contributed by atoms with Crippen molar-refractivity contribution in [3.8, 4) is 5.75 Å². The summed E-state index contributed by atoms with van der Waals surface area (Å²) in [6.07, 6.45) is 2.19. The molecule has 7 nitrogen and oxygen atoms in total. The van der Waals surface area contributed by atoms with E-state index in [4.69, 9.17) is 14.9 Å². The number of hydrogen-bond acceptors (Lipinski definition) is 5. The highest BCUT2D eigenvalue weighted by molar-refractivity contribution is 5.89. The van der Waals surface area contributed by atoms with Crippen LogP contribution < -0.4 is 9.64 Å². The summed E-state index contributed by atoms with van der Waals surface area (Å²) < 4.78 is 6.40. The van der Waals surface area contributed by atoms with Crippen molar-refractivity contribution in [3.63, 3.8) is 0 Å². The molecule has 0 radical (unpaired) electrons. The number of ether oxygens (including phenoxy) is 1. The molecule has 1 atom stereocenters. The molecule has 0 saturated heterocycles. The molecule has 160 valence electrons. The van der Waals surface area contributed by atoms with Gasteiger partial charge in [-0.25, -0.2) is 9.59 Å². The van der Waals surface area contributed by atoms with Crippen LogP contribution in [0.15, 0.2) is 60.7 Å². The molecule has 2 N–H and O–H groups in total. The Morgan fingerprint density at radius 2 is 1.57 bits per heavy atom. The number of rotatable bonds is 6. The topological polar surface area (TPSA) is 90.3 Å². The predicted molar refractivity (Wildman–Crippen MR) is 117 cm³/mol. The maximum Gasteiger partial charge on any atom is 0.328 e. The van der Waals surface area contributed by atoms with Gasteiger partial charge in [0.1, 0.15) is 11.9 Å². The van der Waals surface area contributed by atoms with Gasteiger partial charge in [-0.2, -0.15) is 0 Å². The minimum Gasteiger partial charge on any atom is -0.483 e. The Kier molecular flexibility index (Phi) is 8.43. The summed E-state index contributed by atoms with van der Waals surface area (Å²) in [5.74, 6) is -1.54. The molecule has 0 spiro atoms. The molecule has 0 bridgehead atoms. The van der Waals surface area contributed by atoms with Gasteiger partial charge in [0.2, 0.25) is 0 Å². The van der Waals surface area contributed by atoms with E-state index < -0.39 is 11.9 Å². The van der Waals surface area contributed by atoms with E-state index in [-0.39, 0.29) is 6.10 Å². The summed E-state index contributed by atoms with van der Waals surface area (Å²) in [6.45, 7) is 4.12. The lowest BCUT2D eigenvalue weighted by Crippen LogP contribution is -2.19. The van der Waals surface area contributed by atoms with Crippen LogP contribution in [0, 0.1) is 0 Å². The van der Waals surface area contributed by atoms with Crippen LogP contribution in [0.3, 0.4) is 0 Å². The Balaban J connectivity index is 0.000000343. The molecule has 0 aliphatic carbocycles. The average Bonchev–Trinajstić information content (AvgIpc) is 2.85. The monoisotopic (exact) mass is 412 g/mol. The van der Waals surface area contributed by atoms with Crippen LogP contribution in [0.25, 0.3) is 0 Å². The lowest BCUT2D eigenvalue weighted by molar-refractivity contribution is -0.134. The second-order valence-corrected chi connectivity index (χ2v) is 6.98. The third-order valence-corrected chi connectivity index (χ3v) is 4.52. The Morgan fingerprint density at radius 3 is 2.13 bits per heavy atom. The number of fused-ring (bicyclic) bond motifs is 2. The highest BCUT2D eigenvalue weighted by atomic mass is 16.5. The van der Waals surface area contributed by atoms with Crippen molar-refractivity contribution in [1.82, 2.24) is 4.90 Å². The predicted octanol–water partition coefficient (Wildman–Crippen LogP) is 3.94. The second kappa shape index (κ2) is 11.0. The summed E-state index contributed by atoms with van der Waals surface area (Å²) >= 11 is 0. The Hall–Kier alpha value is -3.32. The second-order valence-electron chi connectivity index (χ2n) is 6.98. The van der Waals surface area contributed by atoms with Gasteiger partial charge in [0.05, 0.1) is 5.69 Å². The Labute approximate surface area is 176 Å². The molecular weight excluding hydrogens is 384 g/mol. The number of nitrogens with zero attached hydrogens (tertiary/aromatic N) is 2. The largest absolute Gasteiger partial charge is 0.483 e. The number of anilines is 2. The zero-order valence-corrected chi connectivity index (χ0v) is 17.5. The number of carboxylic acids is 2. The van der Waals surface area contributed by atoms with E-state index in [9.17, 15) is 9.59 Å². The van der Waals surface area contributed by atoms with Crippen LogP contribution in [-0.4, -0.2) is 54.2 Å². The molecule has 0 amide bonds. The Morgan fingerprint density at radius 1 is 1.00 bits per heavy atom. The van der Waals surface area contributed by atoms with E-state index in [0.29, 0.717) is 12.2 Å². The molecule has 0 fully saturated rings. The van der Waals surface area contributed by atoms with Crippen LogP contribution in [-0.2, 0) is 9.59 Å².